The molecule has 3 nitrogen and oxygen atoms in total. The van der Waals surface area contributed by atoms with Crippen LogP contribution in [0.5, 0.6) is 0 Å². The van der Waals surface area contributed by atoms with Gasteiger partial charge in [0.15, 0.2) is 0 Å². The third kappa shape index (κ3) is 4.40. The number of benzene rings is 3. The highest BCUT2D eigenvalue weighted by Crippen LogP contribution is 2.26. The first-order chi connectivity index (χ1) is 12.9. The predicted molar refractivity (Wildman–Crippen MR) is 106 cm³/mol. The SMILES string of the molecule is O=C(C(=Cc1ccc(F)cc1)S(=O)(=O)c1ccc(Br)cc1)c1ccccc1. The lowest BCUT2D eigenvalue weighted by Gasteiger charge is -2.10. The second-order valence-electron chi connectivity index (χ2n) is 5.71. The van der Waals surface area contributed by atoms with Gasteiger partial charge in [0.25, 0.3) is 0 Å². The van der Waals surface area contributed by atoms with E-state index in [-0.39, 0.29) is 15.4 Å². The molecule has 27 heavy (non-hydrogen) atoms. The zero-order valence-electron chi connectivity index (χ0n) is 14.0. The van der Waals surface area contributed by atoms with Crippen LogP contribution in [0.2, 0.25) is 0 Å². The summed E-state index contributed by atoms with van der Waals surface area (Å²) in [4.78, 5) is 12.6. The van der Waals surface area contributed by atoms with Crippen molar-refractivity contribution in [2.45, 2.75) is 4.90 Å². The number of Topliss-reactive ketones (excluding diaryl/α,β-unsaturated/α-hetero) is 1. The molecule has 0 bridgehead atoms. The molecule has 0 fully saturated rings. The molecule has 3 aromatic rings. The first kappa shape index (κ1) is 19.2. The summed E-state index contributed by atoms with van der Waals surface area (Å²) < 4.78 is 40.2. The van der Waals surface area contributed by atoms with Gasteiger partial charge in [-0.25, -0.2) is 12.8 Å². The summed E-state index contributed by atoms with van der Waals surface area (Å²) in [5.41, 5.74) is 0.669. The van der Waals surface area contributed by atoms with Crippen LogP contribution >= 0.6 is 15.9 Å². The zero-order valence-corrected chi connectivity index (χ0v) is 16.4. The van der Waals surface area contributed by atoms with E-state index in [9.17, 15) is 17.6 Å². The van der Waals surface area contributed by atoms with Gasteiger partial charge >= 0.3 is 0 Å². The van der Waals surface area contributed by atoms with Gasteiger partial charge in [0.05, 0.1) is 4.90 Å². The van der Waals surface area contributed by atoms with Crippen molar-refractivity contribution in [3.05, 3.63) is 105 Å². The second-order valence-corrected chi connectivity index (χ2v) is 8.55. The largest absolute Gasteiger partial charge is 0.288 e. The Labute approximate surface area is 165 Å². The highest BCUT2D eigenvalue weighted by molar-refractivity contribution is 9.10. The van der Waals surface area contributed by atoms with Crippen LogP contribution in [0.4, 0.5) is 4.39 Å². The van der Waals surface area contributed by atoms with Crippen LogP contribution in [0, 0.1) is 5.82 Å². The average Bonchev–Trinajstić information content (AvgIpc) is 2.68. The molecule has 0 saturated carbocycles. The molecule has 0 aliphatic rings. The van der Waals surface area contributed by atoms with Crippen molar-refractivity contribution in [2.75, 3.05) is 0 Å². The molecule has 0 amide bonds. The molecule has 0 unspecified atom stereocenters. The van der Waals surface area contributed by atoms with E-state index in [1.165, 1.54) is 42.5 Å². The summed E-state index contributed by atoms with van der Waals surface area (Å²) in [5.74, 6) is -1.07. The van der Waals surface area contributed by atoms with Crippen molar-refractivity contribution in [3.63, 3.8) is 0 Å². The lowest BCUT2D eigenvalue weighted by molar-refractivity contribution is 0.104. The maximum Gasteiger partial charge on any atom is 0.210 e. The van der Waals surface area contributed by atoms with Gasteiger partial charge in [-0.3, -0.25) is 4.79 Å². The van der Waals surface area contributed by atoms with E-state index < -0.39 is 21.4 Å². The van der Waals surface area contributed by atoms with Crippen LogP contribution in [0.15, 0.2) is 93.1 Å². The Kier molecular flexibility index (Phi) is 5.68. The number of hydrogen-bond acceptors (Lipinski definition) is 3. The van der Waals surface area contributed by atoms with Crippen molar-refractivity contribution < 1.29 is 17.6 Å². The molecule has 0 spiro atoms. The Morgan fingerprint density at radius 3 is 2.04 bits per heavy atom. The van der Waals surface area contributed by atoms with E-state index in [1.54, 1.807) is 42.5 Å². The highest BCUT2D eigenvalue weighted by Gasteiger charge is 2.28. The Balaban J connectivity index is 2.16. The van der Waals surface area contributed by atoms with Gasteiger partial charge in [0, 0.05) is 10.0 Å². The topological polar surface area (TPSA) is 51.2 Å². The van der Waals surface area contributed by atoms with Gasteiger partial charge in [0.2, 0.25) is 15.6 Å². The van der Waals surface area contributed by atoms with Crippen LogP contribution in [-0.2, 0) is 9.84 Å². The number of sulfone groups is 1. The van der Waals surface area contributed by atoms with E-state index in [2.05, 4.69) is 15.9 Å². The summed E-state index contributed by atoms with van der Waals surface area (Å²) in [6, 6.07) is 19.5. The zero-order chi connectivity index (χ0) is 19.4. The van der Waals surface area contributed by atoms with Gasteiger partial charge in [-0.2, -0.15) is 0 Å². The molecule has 0 N–H and O–H groups in total. The van der Waals surface area contributed by atoms with E-state index in [4.69, 9.17) is 0 Å². The molecular weight excluding hydrogens is 431 g/mol. The number of carbonyl (C=O) groups is 1. The number of halogens is 2. The molecule has 6 heteroatoms. The smallest absolute Gasteiger partial charge is 0.210 e. The molecular formula is C21H14BrFO3S. The molecule has 136 valence electrons. The van der Waals surface area contributed by atoms with Gasteiger partial charge in [-0.15, -0.1) is 0 Å². The molecule has 0 aliphatic heterocycles. The Hall–Kier alpha value is -2.57. The second kappa shape index (κ2) is 7.98. The maximum absolute atomic E-state index is 13.2. The van der Waals surface area contributed by atoms with Crippen molar-refractivity contribution in [3.8, 4) is 0 Å². The van der Waals surface area contributed by atoms with Crippen molar-refractivity contribution >= 4 is 37.6 Å². The summed E-state index contributed by atoms with van der Waals surface area (Å²) >= 11 is 3.26. The number of hydrogen-bond donors (Lipinski definition) is 0. The lowest BCUT2D eigenvalue weighted by atomic mass is 10.1. The van der Waals surface area contributed by atoms with Crippen molar-refractivity contribution in [1.29, 1.82) is 0 Å². The summed E-state index contributed by atoms with van der Waals surface area (Å²) in [6.45, 7) is 0. The Bertz CT molecular complexity index is 1090. The first-order valence-electron chi connectivity index (χ1n) is 7.95. The Morgan fingerprint density at radius 1 is 0.852 bits per heavy atom. The molecule has 0 aromatic heterocycles. The summed E-state index contributed by atoms with van der Waals surface area (Å²) in [6.07, 6.45) is 1.27. The van der Waals surface area contributed by atoms with Crippen molar-refractivity contribution in [2.24, 2.45) is 0 Å². The third-order valence-electron chi connectivity index (χ3n) is 3.84. The highest BCUT2D eigenvalue weighted by atomic mass is 79.9. The van der Waals surface area contributed by atoms with Gasteiger partial charge in [-0.05, 0) is 48.0 Å². The van der Waals surface area contributed by atoms with E-state index >= 15 is 0 Å². The lowest BCUT2D eigenvalue weighted by Crippen LogP contribution is -2.14. The minimum atomic E-state index is -4.08. The van der Waals surface area contributed by atoms with E-state index in [1.807, 2.05) is 0 Å². The predicted octanol–water partition coefficient (Wildman–Crippen LogP) is 5.29. The minimum Gasteiger partial charge on any atom is -0.288 e. The number of rotatable bonds is 5. The molecule has 3 aromatic carbocycles. The van der Waals surface area contributed by atoms with E-state index in [0.29, 0.717) is 5.56 Å². The van der Waals surface area contributed by atoms with Crippen LogP contribution < -0.4 is 0 Å². The molecule has 0 saturated heterocycles. The van der Waals surface area contributed by atoms with Gasteiger partial charge < -0.3 is 0 Å². The molecule has 0 radical (unpaired) electrons. The van der Waals surface area contributed by atoms with Crippen LogP contribution in [0.1, 0.15) is 15.9 Å². The summed E-state index contributed by atoms with van der Waals surface area (Å²) in [5, 5.41) is 0. The molecule has 0 atom stereocenters. The number of carbonyl (C=O) groups excluding carboxylic acids is 1. The standard InChI is InChI=1S/C21H14BrFO3S/c22-17-8-12-19(13-9-17)27(25,26)20(14-15-6-10-18(23)11-7-15)21(24)16-4-2-1-3-5-16/h1-14H. The average molecular weight is 445 g/mol. The molecule has 0 aliphatic carbocycles. The molecule has 3 rings (SSSR count). The number of ketones is 1. The van der Waals surface area contributed by atoms with Crippen LogP contribution in [-0.4, -0.2) is 14.2 Å². The monoisotopic (exact) mass is 444 g/mol. The first-order valence-corrected chi connectivity index (χ1v) is 10.2. The molecule has 0 heterocycles. The van der Waals surface area contributed by atoms with Gasteiger partial charge in [0.1, 0.15) is 10.7 Å². The quantitative estimate of drug-likeness (QED) is 0.396. The van der Waals surface area contributed by atoms with Crippen molar-refractivity contribution in [1.82, 2.24) is 0 Å². The van der Waals surface area contributed by atoms with Crippen LogP contribution in [0.25, 0.3) is 6.08 Å². The Morgan fingerprint density at radius 2 is 1.44 bits per heavy atom. The third-order valence-corrected chi connectivity index (χ3v) is 6.14. The van der Waals surface area contributed by atoms with E-state index in [0.717, 1.165) is 4.47 Å². The minimum absolute atomic E-state index is 0.00310. The van der Waals surface area contributed by atoms with Crippen LogP contribution in [0.3, 0.4) is 0 Å². The fourth-order valence-electron chi connectivity index (χ4n) is 2.45. The number of allylic oxidation sites excluding steroid dienone is 1. The fraction of sp³-hybridized carbons (Fsp3) is 0. The summed E-state index contributed by atoms with van der Waals surface area (Å²) in [7, 11) is -4.08. The maximum atomic E-state index is 13.2. The van der Waals surface area contributed by atoms with Gasteiger partial charge in [-0.1, -0.05) is 58.4 Å². The normalized spacial score (nSPS) is 12.0. The fourth-order valence-corrected chi connectivity index (χ4v) is 4.11.